The van der Waals surface area contributed by atoms with E-state index in [1.54, 1.807) is 0 Å². The van der Waals surface area contributed by atoms with Crippen LogP contribution >= 0.6 is 0 Å². The van der Waals surface area contributed by atoms with Crippen molar-refractivity contribution in [3.63, 3.8) is 0 Å². The zero-order valence-electron chi connectivity index (χ0n) is 13.9. The van der Waals surface area contributed by atoms with E-state index in [-0.39, 0.29) is 8.41 Å². The van der Waals surface area contributed by atoms with Gasteiger partial charge in [-0.25, -0.2) is 26.3 Å². The highest BCUT2D eigenvalue weighted by Crippen LogP contribution is 2.13. The number of phenols is 3. The van der Waals surface area contributed by atoms with Crippen LogP contribution in [0, 0.1) is 34.9 Å². The van der Waals surface area contributed by atoms with Gasteiger partial charge in [0.05, 0.1) is 0 Å². The second kappa shape index (κ2) is 11.4. The van der Waals surface area contributed by atoms with Gasteiger partial charge in [-0.05, 0) is 0 Å². The highest BCUT2D eigenvalue weighted by molar-refractivity contribution is 5.75. The summed E-state index contributed by atoms with van der Waals surface area (Å²) in [6.07, 6.45) is 0. The average molecular weight is 401 g/mol. The Kier molecular flexibility index (Phi) is 10.1. The first-order chi connectivity index (χ1) is 12.5. The molecule has 0 unspecified atom stereocenters. The second-order valence-electron chi connectivity index (χ2n) is 4.88. The molecule has 0 aliphatic rings. The van der Waals surface area contributed by atoms with E-state index in [1.807, 2.05) is 0 Å². The van der Waals surface area contributed by atoms with E-state index in [2.05, 4.69) is 0 Å². The molecule has 3 N–H and O–H groups in total. The van der Waals surface area contributed by atoms with E-state index in [0.717, 1.165) is 36.4 Å². The van der Waals surface area contributed by atoms with E-state index < -0.39 is 52.2 Å². The Labute approximate surface area is 157 Å². The molecule has 0 amide bonds. The predicted octanol–water partition coefficient (Wildman–Crippen LogP) is 4.63. The standard InChI is InChI=1S/3C6H4F2O.B/c3*7-4-1-5(8)3-6(9)2-4;/h3*1-3,9H;. The van der Waals surface area contributed by atoms with Crippen molar-refractivity contribution in [2.24, 2.45) is 0 Å². The average Bonchev–Trinajstić information content (AvgIpc) is 2.43. The second-order valence-corrected chi connectivity index (χ2v) is 4.88. The maximum atomic E-state index is 12.0. The Morgan fingerprint density at radius 2 is 0.500 bits per heavy atom. The van der Waals surface area contributed by atoms with E-state index in [1.165, 1.54) is 0 Å². The Balaban J connectivity index is 0.000000384. The number of hydrogen-bond donors (Lipinski definition) is 3. The topological polar surface area (TPSA) is 60.7 Å². The highest BCUT2D eigenvalue weighted by atomic mass is 19.2. The molecule has 0 spiro atoms. The fourth-order valence-electron chi connectivity index (χ4n) is 1.62. The molecule has 0 atom stereocenters. The Morgan fingerprint density at radius 3 is 0.607 bits per heavy atom. The summed E-state index contributed by atoms with van der Waals surface area (Å²) in [5.41, 5.74) is 0. The number of rotatable bonds is 0. The van der Waals surface area contributed by atoms with Crippen LogP contribution in [0.5, 0.6) is 17.2 Å². The Bertz CT molecular complexity index is 639. The number of aromatic hydroxyl groups is 3. The van der Waals surface area contributed by atoms with E-state index in [9.17, 15) is 26.3 Å². The Morgan fingerprint density at radius 1 is 0.357 bits per heavy atom. The largest absolute Gasteiger partial charge is 0.508 e. The summed E-state index contributed by atoms with van der Waals surface area (Å²) in [6.45, 7) is 0. The molecular formula is C18H12BF6O3. The number of benzene rings is 3. The fraction of sp³-hybridized carbons (Fsp3) is 0. The van der Waals surface area contributed by atoms with Gasteiger partial charge in [0.2, 0.25) is 0 Å². The van der Waals surface area contributed by atoms with Gasteiger partial charge in [-0.1, -0.05) is 0 Å². The normalized spacial score (nSPS) is 9.21. The lowest BCUT2D eigenvalue weighted by atomic mass is 10.3. The fourth-order valence-corrected chi connectivity index (χ4v) is 1.62. The molecule has 3 nitrogen and oxygen atoms in total. The lowest BCUT2D eigenvalue weighted by Gasteiger charge is -1.90. The summed E-state index contributed by atoms with van der Waals surface area (Å²) in [4.78, 5) is 0. The van der Waals surface area contributed by atoms with Gasteiger partial charge in [-0.2, -0.15) is 0 Å². The van der Waals surface area contributed by atoms with Gasteiger partial charge in [-0.15, -0.1) is 0 Å². The molecule has 0 bridgehead atoms. The molecule has 0 heterocycles. The highest BCUT2D eigenvalue weighted by Gasteiger charge is 1.97. The van der Waals surface area contributed by atoms with E-state index in [4.69, 9.17) is 15.3 Å². The van der Waals surface area contributed by atoms with Gasteiger partial charge >= 0.3 is 0 Å². The van der Waals surface area contributed by atoms with Crippen molar-refractivity contribution in [1.82, 2.24) is 0 Å². The smallest absolute Gasteiger partial charge is 0.129 e. The molecule has 28 heavy (non-hydrogen) atoms. The summed E-state index contributed by atoms with van der Waals surface area (Å²) in [6, 6.07) is 7.10. The van der Waals surface area contributed by atoms with Crippen LogP contribution in [0.15, 0.2) is 54.6 Å². The molecule has 3 aromatic carbocycles. The predicted molar refractivity (Wildman–Crippen MR) is 89.8 cm³/mol. The minimum absolute atomic E-state index is 0. The Hall–Kier alpha value is -3.30. The molecule has 3 radical (unpaired) electrons. The summed E-state index contributed by atoms with van der Waals surface area (Å²) < 4.78 is 72.2. The van der Waals surface area contributed by atoms with Crippen LogP contribution in [0.4, 0.5) is 26.3 Å². The van der Waals surface area contributed by atoms with Gasteiger partial charge in [-0.3, -0.25) is 0 Å². The monoisotopic (exact) mass is 401 g/mol. The van der Waals surface area contributed by atoms with Crippen molar-refractivity contribution in [3.8, 4) is 17.2 Å². The van der Waals surface area contributed by atoms with Crippen molar-refractivity contribution >= 4 is 8.41 Å². The lowest BCUT2D eigenvalue weighted by Crippen LogP contribution is -1.76. The summed E-state index contributed by atoms with van der Waals surface area (Å²) in [5, 5.41) is 25.5. The zero-order chi connectivity index (χ0) is 20.6. The molecule has 0 aromatic heterocycles. The summed E-state index contributed by atoms with van der Waals surface area (Å²) in [5.74, 6) is -5.81. The first-order valence-electron chi connectivity index (χ1n) is 7.00. The summed E-state index contributed by atoms with van der Waals surface area (Å²) in [7, 11) is 0. The van der Waals surface area contributed by atoms with Crippen molar-refractivity contribution in [3.05, 3.63) is 89.5 Å². The third-order valence-corrected chi connectivity index (χ3v) is 2.54. The maximum absolute atomic E-state index is 12.0. The minimum Gasteiger partial charge on any atom is -0.508 e. The number of hydrogen-bond acceptors (Lipinski definition) is 3. The number of halogens is 6. The van der Waals surface area contributed by atoms with Crippen molar-refractivity contribution in [2.45, 2.75) is 0 Å². The SMILES string of the molecule is Oc1cc(F)cc(F)c1.Oc1cc(F)cc(F)c1.Oc1cc(F)cc(F)c1.[B]. The van der Waals surface area contributed by atoms with Gasteiger partial charge in [0, 0.05) is 63.0 Å². The van der Waals surface area contributed by atoms with Gasteiger partial charge < -0.3 is 15.3 Å². The first-order valence-corrected chi connectivity index (χ1v) is 7.00. The minimum atomic E-state index is -0.771. The third-order valence-electron chi connectivity index (χ3n) is 2.54. The molecule has 0 fully saturated rings. The van der Waals surface area contributed by atoms with Crippen molar-refractivity contribution in [2.75, 3.05) is 0 Å². The molecule has 0 saturated carbocycles. The molecule has 0 aliphatic carbocycles. The number of phenolic OH excluding ortho intramolecular Hbond substituents is 3. The molecule has 147 valence electrons. The lowest BCUT2D eigenvalue weighted by molar-refractivity contribution is 0.459. The zero-order valence-corrected chi connectivity index (χ0v) is 13.9. The van der Waals surface area contributed by atoms with Gasteiger partial charge in [0.25, 0.3) is 0 Å². The van der Waals surface area contributed by atoms with Gasteiger partial charge in [0.1, 0.15) is 52.2 Å². The van der Waals surface area contributed by atoms with Crippen LogP contribution in [0.25, 0.3) is 0 Å². The molecule has 3 rings (SSSR count). The quantitative estimate of drug-likeness (QED) is 0.380. The van der Waals surface area contributed by atoms with Crippen LogP contribution in [0.1, 0.15) is 0 Å². The van der Waals surface area contributed by atoms with Crippen LogP contribution in [-0.2, 0) is 0 Å². The van der Waals surface area contributed by atoms with Crippen LogP contribution < -0.4 is 0 Å². The molecular weight excluding hydrogens is 389 g/mol. The maximum Gasteiger partial charge on any atom is 0.129 e. The molecule has 3 aromatic rings. The van der Waals surface area contributed by atoms with E-state index in [0.29, 0.717) is 18.2 Å². The van der Waals surface area contributed by atoms with Crippen molar-refractivity contribution in [1.29, 1.82) is 0 Å². The van der Waals surface area contributed by atoms with Crippen LogP contribution in [0.3, 0.4) is 0 Å². The van der Waals surface area contributed by atoms with E-state index >= 15 is 0 Å². The first kappa shape index (κ1) is 24.7. The molecule has 0 saturated heterocycles. The third kappa shape index (κ3) is 10.0. The van der Waals surface area contributed by atoms with Crippen LogP contribution in [0.2, 0.25) is 0 Å². The molecule has 10 heteroatoms. The van der Waals surface area contributed by atoms with Crippen molar-refractivity contribution < 1.29 is 41.7 Å². The molecule has 0 aliphatic heterocycles. The summed E-state index contributed by atoms with van der Waals surface area (Å²) >= 11 is 0. The van der Waals surface area contributed by atoms with Gasteiger partial charge in [0.15, 0.2) is 0 Å². The van der Waals surface area contributed by atoms with Crippen LogP contribution in [-0.4, -0.2) is 23.7 Å².